The molecule has 2 N–H and O–H groups in total. The number of rotatable bonds is 7. The third-order valence-electron chi connectivity index (χ3n) is 3.22. The summed E-state index contributed by atoms with van der Waals surface area (Å²) >= 11 is 0. The summed E-state index contributed by atoms with van der Waals surface area (Å²) in [5.74, 6) is 0.665. The number of aliphatic hydroxyl groups is 1. The van der Waals surface area contributed by atoms with Gasteiger partial charge in [0.15, 0.2) is 0 Å². The monoisotopic (exact) mass is 201 g/mol. The Morgan fingerprint density at radius 3 is 2.21 bits per heavy atom. The fraction of sp³-hybridized carbons (Fsp3) is 1.00. The Balaban J connectivity index is 4.15. The Hall–Kier alpha value is -0.0800. The quantitative estimate of drug-likeness (QED) is 0.663. The van der Waals surface area contributed by atoms with E-state index in [9.17, 15) is 5.11 Å². The van der Waals surface area contributed by atoms with Crippen LogP contribution >= 0.6 is 0 Å². The molecule has 2 nitrogen and oxygen atoms in total. The van der Waals surface area contributed by atoms with Crippen LogP contribution in [-0.2, 0) is 0 Å². The number of nitrogens with one attached hydrogen (secondary N) is 1. The second-order valence-electron chi connectivity index (χ2n) is 4.79. The Bertz CT molecular complexity index is 149. The van der Waals surface area contributed by atoms with Gasteiger partial charge in [0.1, 0.15) is 0 Å². The maximum atomic E-state index is 9.36. The summed E-state index contributed by atoms with van der Waals surface area (Å²) in [6, 6.07) is 0.476. The molecule has 3 atom stereocenters. The zero-order valence-electron chi connectivity index (χ0n) is 10.4. The minimum Gasteiger partial charge on any atom is -0.394 e. The lowest BCUT2D eigenvalue weighted by Crippen LogP contribution is -2.51. The lowest BCUT2D eigenvalue weighted by molar-refractivity contribution is 0.142. The van der Waals surface area contributed by atoms with Crippen LogP contribution in [0.1, 0.15) is 53.9 Å². The summed E-state index contributed by atoms with van der Waals surface area (Å²) in [4.78, 5) is 0. The van der Waals surface area contributed by atoms with Crippen molar-refractivity contribution in [2.75, 3.05) is 6.61 Å². The van der Waals surface area contributed by atoms with Crippen molar-refractivity contribution in [1.82, 2.24) is 5.32 Å². The molecule has 0 aliphatic heterocycles. The van der Waals surface area contributed by atoms with Crippen molar-refractivity contribution in [1.29, 1.82) is 0 Å². The molecule has 0 aliphatic carbocycles. The number of hydrogen-bond acceptors (Lipinski definition) is 2. The number of hydrogen-bond donors (Lipinski definition) is 2. The highest BCUT2D eigenvalue weighted by Crippen LogP contribution is 2.16. The molecule has 14 heavy (non-hydrogen) atoms. The van der Waals surface area contributed by atoms with Gasteiger partial charge in [0.25, 0.3) is 0 Å². The molecule has 0 aromatic carbocycles. The van der Waals surface area contributed by atoms with E-state index in [0.717, 1.165) is 12.8 Å². The van der Waals surface area contributed by atoms with E-state index in [1.165, 1.54) is 6.42 Å². The van der Waals surface area contributed by atoms with E-state index >= 15 is 0 Å². The van der Waals surface area contributed by atoms with Crippen LogP contribution in [0.4, 0.5) is 0 Å². The molecule has 0 aromatic heterocycles. The smallest absolute Gasteiger partial charge is 0.0610 e. The molecule has 0 saturated heterocycles. The lowest BCUT2D eigenvalue weighted by atomic mass is 9.92. The summed E-state index contributed by atoms with van der Waals surface area (Å²) in [5, 5.41) is 12.9. The standard InChI is InChI=1S/C12H27NO/c1-6-8-12(5,9-14)13-11(4)10(3)7-2/h10-11,13-14H,6-9H2,1-5H3. The SMILES string of the molecule is CCCC(C)(CO)NC(C)C(C)CC. The summed E-state index contributed by atoms with van der Waals surface area (Å²) < 4.78 is 0. The van der Waals surface area contributed by atoms with Crippen LogP contribution in [0.3, 0.4) is 0 Å². The zero-order valence-corrected chi connectivity index (χ0v) is 10.4. The molecule has 0 spiro atoms. The molecule has 3 unspecified atom stereocenters. The van der Waals surface area contributed by atoms with E-state index in [4.69, 9.17) is 0 Å². The summed E-state index contributed by atoms with van der Waals surface area (Å²) in [6.45, 7) is 11.2. The van der Waals surface area contributed by atoms with Gasteiger partial charge in [-0.25, -0.2) is 0 Å². The highest BCUT2D eigenvalue weighted by molar-refractivity contribution is 4.85. The van der Waals surface area contributed by atoms with Gasteiger partial charge in [-0.3, -0.25) is 0 Å². The van der Waals surface area contributed by atoms with E-state index < -0.39 is 0 Å². The van der Waals surface area contributed by atoms with Crippen LogP contribution in [0.15, 0.2) is 0 Å². The predicted molar refractivity (Wildman–Crippen MR) is 62.5 cm³/mol. The Kier molecular flexibility index (Phi) is 6.38. The maximum Gasteiger partial charge on any atom is 0.0610 e. The molecule has 0 fully saturated rings. The average molecular weight is 201 g/mol. The lowest BCUT2D eigenvalue weighted by Gasteiger charge is -2.34. The molecule has 0 radical (unpaired) electrons. The van der Waals surface area contributed by atoms with Crippen LogP contribution in [0.2, 0.25) is 0 Å². The summed E-state index contributed by atoms with van der Waals surface area (Å²) in [5.41, 5.74) is -0.0996. The van der Waals surface area contributed by atoms with E-state index in [2.05, 4.69) is 39.9 Å². The highest BCUT2D eigenvalue weighted by Gasteiger charge is 2.25. The van der Waals surface area contributed by atoms with Crippen molar-refractivity contribution in [3.8, 4) is 0 Å². The molecule has 2 heteroatoms. The van der Waals surface area contributed by atoms with E-state index in [-0.39, 0.29) is 12.1 Å². The molecular weight excluding hydrogens is 174 g/mol. The second kappa shape index (κ2) is 6.41. The fourth-order valence-corrected chi connectivity index (χ4v) is 1.79. The third-order valence-corrected chi connectivity index (χ3v) is 3.22. The summed E-state index contributed by atoms with van der Waals surface area (Å²) in [6.07, 6.45) is 3.32. The van der Waals surface area contributed by atoms with E-state index in [0.29, 0.717) is 12.0 Å². The molecule has 0 amide bonds. The van der Waals surface area contributed by atoms with Gasteiger partial charge >= 0.3 is 0 Å². The minimum atomic E-state index is -0.0996. The highest BCUT2D eigenvalue weighted by atomic mass is 16.3. The van der Waals surface area contributed by atoms with Gasteiger partial charge in [-0.15, -0.1) is 0 Å². The van der Waals surface area contributed by atoms with Gasteiger partial charge in [0, 0.05) is 11.6 Å². The van der Waals surface area contributed by atoms with Crippen molar-refractivity contribution < 1.29 is 5.11 Å². The van der Waals surface area contributed by atoms with Crippen molar-refractivity contribution in [3.05, 3.63) is 0 Å². The van der Waals surface area contributed by atoms with Crippen molar-refractivity contribution in [3.63, 3.8) is 0 Å². The molecular formula is C12H27NO. The van der Waals surface area contributed by atoms with E-state index in [1.54, 1.807) is 0 Å². The Labute approximate surface area is 89.1 Å². The van der Waals surface area contributed by atoms with Crippen LogP contribution in [0.25, 0.3) is 0 Å². The molecule has 0 bridgehead atoms. The van der Waals surface area contributed by atoms with Crippen LogP contribution in [0, 0.1) is 5.92 Å². The molecule has 0 heterocycles. The first-order valence-electron chi connectivity index (χ1n) is 5.87. The largest absolute Gasteiger partial charge is 0.394 e. The van der Waals surface area contributed by atoms with Gasteiger partial charge in [-0.2, -0.15) is 0 Å². The van der Waals surface area contributed by atoms with Gasteiger partial charge in [-0.1, -0.05) is 33.6 Å². The first kappa shape index (κ1) is 13.9. The first-order chi connectivity index (χ1) is 6.49. The minimum absolute atomic E-state index is 0.0996. The van der Waals surface area contributed by atoms with Crippen molar-refractivity contribution in [2.45, 2.75) is 65.5 Å². The third kappa shape index (κ3) is 4.43. The normalized spacial score (nSPS) is 20.1. The van der Waals surface area contributed by atoms with Crippen LogP contribution < -0.4 is 5.32 Å². The van der Waals surface area contributed by atoms with Crippen molar-refractivity contribution in [2.24, 2.45) is 5.92 Å². The van der Waals surface area contributed by atoms with Gasteiger partial charge in [0.05, 0.1) is 6.61 Å². The molecule has 86 valence electrons. The van der Waals surface area contributed by atoms with Gasteiger partial charge < -0.3 is 10.4 Å². The van der Waals surface area contributed by atoms with E-state index in [1.807, 2.05) is 0 Å². The summed E-state index contributed by atoms with van der Waals surface area (Å²) in [7, 11) is 0. The molecule has 0 rings (SSSR count). The molecule has 0 aliphatic rings. The van der Waals surface area contributed by atoms with Gasteiger partial charge in [-0.05, 0) is 26.2 Å². The zero-order chi connectivity index (χ0) is 11.2. The molecule has 0 aromatic rings. The Morgan fingerprint density at radius 2 is 1.86 bits per heavy atom. The van der Waals surface area contributed by atoms with Crippen LogP contribution in [-0.4, -0.2) is 23.3 Å². The predicted octanol–water partition coefficient (Wildman–Crippen LogP) is 2.56. The topological polar surface area (TPSA) is 32.3 Å². The number of aliphatic hydroxyl groups excluding tert-OH is 1. The van der Waals surface area contributed by atoms with Crippen LogP contribution in [0.5, 0.6) is 0 Å². The van der Waals surface area contributed by atoms with Gasteiger partial charge in [0.2, 0.25) is 0 Å². The molecule has 0 saturated carbocycles. The average Bonchev–Trinajstić information content (AvgIpc) is 2.16. The fourth-order valence-electron chi connectivity index (χ4n) is 1.79. The first-order valence-corrected chi connectivity index (χ1v) is 5.87. The maximum absolute atomic E-state index is 9.36. The van der Waals surface area contributed by atoms with Crippen molar-refractivity contribution >= 4 is 0 Å². The second-order valence-corrected chi connectivity index (χ2v) is 4.79. The Morgan fingerprint density at radius 1 is 1.29 bits per heavy atom.